The molecule has 0 N–H and O–H groups in total. The molecular formula is C63H49N. The van der Waals surface area contributed by atoms with Crippen molar-refractivity contribution in [3.63, 3.8) is 0 Å². The van der Waals surface area contributed by atoms with Gasteiger partial charge in [-0.1, -0.05) is 207 Å². The minimum atomic E-state index is -0.508. The van der Waals surface area contributed by atoms with Crippen LogP contribution in [0.15, 0.2) is 231 Å². The summed E-state index contributed by atoms with van der Waals surface area (Å²) in [5.41, 5.74) is 17.4. The first-order chi connectivity index (χ1) is 31.8. The van der Waals surface area contributed by atoms with Crippen LogP contribution in [0, 0.1) is 0 Å². The lowest BCUT2D eigenvalue weighted by atomic mass is 9.67. The molecule has 0 heterocycles. The molecule has 0 radical (unpaired) electrons. The van der Waals surface area contributed by atoms with E-state index in [4.69, 9.17) is 0 Å². The predicted octanol–water partition coefficient (Wildman–Crippen LogP) is 17.2. The number of fused-ring (bicyclic) bond motifs is 5. The van der Waals surface area contributed by atoms with Gasteiger partial charge in [0, 0.05) is 16.8 Å². The van der Waals surface area contributed by atoms with Crippen LogP contribution in [0.1, 0.15) is 65.8 Å². The molecule has 1 nitrogen and oxygen atoms in total. The lowest BCUT2D eigenvalue weighted by molar-refractivity contribution is 0.444. The average Bonchev–Trinajstić information content (AvgIpc) is 3.68. The summed E-state index contributed by atoms with van der Waals surface area (Å²) in [6.07, 6.45) is 6.45. The van der Waals surface area contributed by atoms with Crippen molar-refractivity contribution >= 4 is 38.6 Å². The SMILES string of the molecule is c1ccc(-c2cc3ccccc3cc2-c2ccc(N(c3ccc4c(c3)C(c3ccccc3)(c3ccccc3)c3cccc(C5CCCCC5)c3-4)c3cccc4ccccc34)cc2)cc1. The Morgan fingerprint density at radius 2 is 0.922 bits per heavy atom. The van der Waals surface area contributed by atoms with Crippen molar-refractivity contribution in [3.8, 4) is 33.4 Å². The molecular weight excluding hydrogens is 771 g/mol. The minimum Gasteiger partial charge on any atom is -0.310 e. The van der Waals surface area contributed by atoms with Crippen LogP contribution in [0.4, 0.5) is 17.1 Å². The molecule has 0 aliphatic heterocycles. The van der Waals surface area contributed by atoms with Crippen LogP contribution in [0.5, 0.6) is 0 Å². The first-order valence-electron chi connectivity index (χ1n) is 23.1. The van der Waals surface area contributed by atoms with Gasteiger partial charge >= 0.3 is 0 Å². The van der Waals surface area contributed by atoms with Crippen molar-refractivity contribution in [1.29, 1.82) is 0 Å². The standard InChI is InChI=1S/C63H49N/c1-5-19-45(20-6-1)55-32-18-33-59-62(55)56-40-39-53(43-60(56)63(59,50-27-9-3-10-28-50)51-29-11-4-12-30-51)64(61-34-17-26-44-23-15-16-31-54(44)61)52-37-35-47(36-38-52)58-42-49-25-14-13-24-48(49)41-57(58)46-21-7-2-8-22-46/h2-4,7-18,21-43,45H,1,5-6,19-20H2. The Morgan fingerprint density at radius 3 is 1.59 bits per heavy atom. The van der Waals surface area contributed by atoms with Crippen molar-refractivity contribution in [2.45, 2.75) is 43.4 Å². The van der Waals surface area contributed by atoms with Gasteiger partial charge in [0.05, 0.1) is 11.1 Å². The summed E-state index contributed by atoms with van der Waals surface area (Å²) >= 11 is 0. The van der Waals surface area contributed by atoms with E-state index in [2.05, 4.69) is 235 Å². The van der Waals surface area contributed by atoms with Gasteiger partial charge in [0.15, 0.2) is 0 Å². The van der Waals surface area contributed by atoms with E-state index in [0.29, 0.717) is 5.92 Å². The van der Waals surface area contributed by atoms with Crippen LogP contribution in [0.2, 0.25) is 0 Å². The highest BCUT2D eigenvalue weighted by Crippen LogP contribution is 2.59. The molecule has 0 amide bonds. The zero-order valence-corrected chi connectivity index (χ0v) is 36.0. The highest BCUT2D eigenvalue weighted by Gasteiger charge is 2.47. The van der Waals surface area contributed by atoms with Crippen molar-refractivity contribution in [2.24, 2.45) is 0 Å². The molecule has 0 unspecified atom stereocenters. The van der Waals surface area contributed by atoms with E-state index in [0.717, 1.165) is 17.1 Å². The maximum absolute atomic E-state index is 2.53. The van der Waals surface area contributed by atoms with E-state index in [9.17, 15) is 0 Å². The van der Waals surface area contributed by atoms with Crippen LogP contribution in [0.3, 0.4) is 0 Å². The molecule has 12 rings (SSSR count). The molecule has 64 heavy (non-hydrogen) atoms. The second kappa shape index (κ2) is 16.0. The molecule has 2 aliphatic rings. The zero-order chi connectivity index (χ0) is 42.5. The summed E-state index contributed by atoms with van der Waals surface area (Å²) in [5.74, 6) is 0.564. The average molecular weight is 820 g/mol. The Bertz CT molecular complexity index is 3240. The second-order valence-electron chi connectivity index (χ2n) is 17.8. The van der Waals surface area contributed by atoms with Crippen LogP contribution >= 0.6 is 0 Å². The van der Waals surface area contributed by atoms with Gasteiger partial charge < -0.3 is 4.90 Å². The first kappa shape index (κ1) is 38.2. The van der Waals surface area contributed by atoms with Crippen molar-refractivity contribution < 1.29 is 0 Å². The van der Waals surface area contributed by atoms with Crippen LogP contribution in [-0.2, 0) is 5.41 Å². The van der Waals surface area contributed by atoms with Crippen molar-refractivity contribution in [2.75, 3.05) is 4.90 Å². The lowest BCUT2D eigenvalue weighted by Gasteiger charge is -2.35. The monoisotopic (exact) mass is 819 g/mol. The smallest absolute Gasteiger partial charge is 0.0714 e. The van der Waals surface area contributed by atoms with Gasteiger partial charge in [-0.05, 0) is 139 Å². The molecule has 0 aromatic heterocycles. The van der Waals surface area contributed by atoms with Gasteiger partial charge in [-0.3, -0.25) is 0 Å². The minimum absolute atomic E-state index is 0.508. The summed E-state index contributed by atoms with van der Waals surface area (Å²) < 4.78 is 0. The Hall–Kier alpha value is -7.48. The van der Waals surface area contributed by atoms with Gasteiger partial charge in [-0.2, -0.15) is 0 Å². The Morgan fingerprint density at radius 1 is 0.375 bits per heavy atom. The lowest BCUT2D eigenvalue weighted by Crippen LogP contribution is -2.29. The predicted molar refractivity (Wildman–Crippen MR) is 270 cm³/mol. The summed E-state index contributed by atoms with van der Waals surface area (Å²) in [4.78, 5) is 2.50. The van der Waals surface area contributed by atoms with Gasteiger partial charge in [-0.15, -0.1) is 0 Å². The highest BCUT2D eigenvalue weighted by atomic mass is 15.1. The van der Waals surface area contributed by atoms with Gasteiger partial charge in [-0.25, -0.2) is 0 Å². The third-order valence-corrected chi connectivity index (χ3v) is 14.3. The highest BCUT2D eigenvalue weighted by molar-refractivity contribution is 6.01. The third-order valence-electron chi connectivity index (χ3n) is 14.3. The molecule has 0 bridgehead atoms. The fourth-order valence-electron chi connectivity index (χ4n) is 11.4. The Kier molecular flexibility index (Phi) is 9.56. The molecule has 0 saturated heterocycles. The van der Waals surface area contributed by atoms with Crippen LogP contribution < -0.4 is 4.90 Å². The normalized spacial score (nSPS) is 14.3. The molecule has 306 valence electrons. The molecule has 1 heteroatoms. The van der Waals surface area contributed by atoms with Gasteiger partial charge in [0.2, 0.25) is 0 Å². The largest absolute Gasteiger partial charge is 0.310 e. The molecule has 0 spiro atoms. The zero-order valence-electron chi connectivity index (χ0n) is 36.0. The van der Waals surface area contributed by atoms with Gasteiger partial charge in [0.25, 0.3) is 0 Å². The molecule has 1 saturated carbocycles. The van der Waals surface area contributed by atoms with Crippen LogP contribution in [-0.4, -0.2) is 0 Å². The molecule has 0 atom stereocenters. The number of rotatable bonds is 8. The molecule has 10 aromatic rings. The quantitative estimate of drug-likeness (QED) is 0.148. The van der Waals surface area contributed by atoms with Crippen LogP contribution in [0.25, 0.3) is 54.9 Å². The first-order valence-corrected chi connectivity index (χ1v) is 23.1. The summed E-state index contributed by atoms with van der Waals surface area (Å²) in [6, 6.07) is 86.2. The Balaban J connectivity index is 1.09. The van der Waals surface area contributed by atoms with E-state index >= 15 is 0 Å². The maximum atomic E-state index is 2.53. The Labute approximate surface area is 376 Å². The second-order valence-corrected chi connectivity index (χ2v) is 17.8. The topological polar surface area (TPSA) is 3.24 Å². The van der Waals surface area contributed by atoms with Crippen molar-refractivity contribution in [3.05, 3.63) is 258 Å². The fourth-order valence-corrected chi connectivity index (χ4v) is 11.4. The van der Waals surface area contributed by atoms with E-state index in [1.807, 2.05) is 0 Å². The van der Waals surface area contributed by atoms with E-state index in [1.165, 1.54) is 115 Å². The number of anilines is 3. The van der Waals surface area contributed by atoms with E-state index in [1.54, 1.807) is 0 Å². The fraction of sp³-hybridized carbons (Fsp3) is 0.111. The summed E-state index contributed by atoms with van der Waals surface area (Å²) in [6.45, 7) is 0. The summed E-state index contributed by atoms with van der Waals surface area (Å²) in [5, 5.41) is 4.93. The third kappa shape index (κ3) is 6.29. The number of nitrogens with zero attached hydrogens (tertiary/aromatic N) is 1. The van der Waals surface area contributed by atoms with E-state index in [-0.39, 0.29) is 0 Å². The summed E-state index contributed by atoms with van der Waals surface area (Å²) in [7, 11) is 0. The molecule has 2 aliphatic carbocycles. The number of hydrogen-bond acceptors (Lipinski definition) is 1. The van der Waals surface area contributed by atoms with E-state index < -0.39 is 5.41 Å². The van der Waals surface area contributed by atoms with Crippen molar-refractivity contribution in [1.82, 2.24) is 0 Å². The molecule has 10 aromatic carbocycles. The van der Waals surface area contributed by atoms with Gasteiger partial charge in [0.1, 0.15) is 0 Å². The maximum Gasteiger partial charge on any atom is 0.0714 e. The molecule has 1 fully saturated rings. The number of benzene rings is 10. The number of hydrogen-bond donors (Lipinski definition) is 0.